The van der Waals surface area contributed by atoms with Crippen molar-refractivity contribution in [2.75, 3.05) is 34.0 Å². The third-order valence-corrected chi connectivity index (χ3v) is 7.97. The average molecular weight is 550 g/mol. The van der Waals surface area contributed by atoms with Crippen LogP contribution in [0.15, 0.2) is 18.2 Å². The van der Waals surface area contributed by atoms with Gasteiger partial charge in [0.2, 0.25) is 11.8 Å². The summed E-state index contributed by atoms with van der Waals surface area (Å²) in [6, 6.07) is 5.87. The molecule has 5 N–H and O–H groups in total. The van der Waals surface area contributed by atoms with E-state index in [1.165, 1.54) is 0 Å². The molecule has 0 aliphatic carbocycles. The summed E-state index contributed by atoms with van der Waals surface area (Å²) < 4.78 is 16.6. The van der Waals surface area contributed by atoms with Crippen molar-refractivity contribution in [3.63, 3.8) is 0 Å². The number of rotatable bonds is 16. The predicted octanol–water partition coefficient (Wildman–Crippen LogP) is 3.44. The van der Waals surface area contributed by atoms with Crippen molar-refractivity contribution in [1.82, 2.24) is 10.6 Å². The molecule has 1 aliphatic rings. The molecule has 9 heteroatoms. The van der Waals surface area contributed by atoms with Gasteiger partial charge in [0.1, 0.15) is 0 Å². The SMILES string of the molecule is COCCCOc1cc(C2NC(C(O)CC(C(=O)NCC(C)(C)C(N)=O)C(C)C)CC2C(C)C)ccc1OC. The molecule has 1 heterocycles. The highest BCUT2D eigenvalue weighted by Crippen LogP contribution is 2.41. The number of carbonyl (C=O) groups excluding carboxylic acids is 2. The van der Waals surface area contributed by atoms with Crippen molar-refractivity contribution in [2.45, 2.75) is 79.0 Å². The van der Waals surface area contributed by atoms with Crippen LogP contribution in [0.3, 0.4) is 0 Å². The van der Waals surface area contributed by atoms with Gasteiger partial charge >= 0.3 is 0 Å². The van der Waals surface area contributed by atoms with Crippen LogP contribution in [0.2, 0.25) is 0 Å². The van der Waals surface area contributed by atoms with Crippen molar-refractivity contribution >= 4 is 11.8 Å². The molecule has 0 spiro atoms. The lowest BCUT2D eigenvalue weighted by atomic mass is 9.82. The van der Waals surface area contributed by atoms with E-state index < -0.39 is 23.3 Å². The van der Waals surface area contributed by atoms with Gasteiger partial charge in [0.25, 0.3) is 0 Å². The standard InChI is InChI=1S/C30H51N3O6/c1-18(2)21-15-23(24(34)16-22(19(3)4)28(35)32-17-30(5,6)29(31)36)33-27(21)20-10-11-25(38-8)26(14-20)39-13-9-12-37-7/h10-11,14,18-19,21-24,27,33-34H,9,12-13,15-17H2,1-8H3,(H2,31,36)(H,32,35). The maximum Gasteiger partial charge on any atom is 0.224 e. The minimum absolute atomic E-state index is 0.0221. The van der Waals surface area contributed by atoms with Gasteiger partial charge in [-0.25, -0.2) is 0 Å². The number of amides is 2. The first-order valence-electron chi connectivity index (χ1n) is 14.1. The first kappa shape index (κ1) is 32.8. The van der Waals surface area contributed by atoms with E-state index in [0.29, 0.717) is 43.0 Å². The molecule has 0 aromatic heterocycles. The van der Waals surface area contributed by atoms with E-state index >= 15 is 0 Å². The molecule has 5 atom stereocenters. The number of aliphatic hydroxyl groups excluding tert-OH is 1. The van der Waals surface area contributed by atoms with Crippen LogP contribution in [0.4, 0.5) is 0 Å². The van der Waals surface area contributed by atoms with Crippen LogP contribution in [-0.4, -0.2) is 63.0 Å². The van der Waals surface area contributed by atoms with Crippen LogP contribution in [0.25, 0.3) is 0 Å². The van der Waals surface area contributed by atoms with Gasteiger partial charge in [0.05, 0.1) is 25.2 Å². The summed E-state index contributed by atoms with van der Waals surface area (Å²) in [6.07, 6.45) is 1.19. The van der Waals surface area contributed by atoms with Gasteiger partial charge in [0.15, 0.2) is 11.5 Å². The van der Waals surface area contributed by atoms with Crippen molar-refractivity contribution in [2.24, 2.45) is 34.8 Å². The van der Waals surface area contributed by atoms with E-state index in [0.717, 1.165) is 18.4 Å². The molecule has 1 aliphatic heterocycles. The minimum atomic E-state index is -0.842. The zero-order valence-electron chi connectivity index (χ0n) is 25.1. The summed E-state index contributed by atoms with van der Waals surface area (Å²) in [5.41, 5.74) is 5.70. The number of carbonyl (C=O) groups is 2. The van der Waals surface area contributed by atoms with Gasteiger partial charge in [-0.1, -0.05) is 33.8 Å². The van der Waals surface area contributed by atoms with E-state index in [4.69, 9.17) is 19.9 Å². The number of ether oxygens (including phenoxy) is 3. The summed E-state index contributed by atoms with van der Waals surface area (Å²) in [4.78, 5) is 24.7. The molecule has 9 nitrogen and oxygen atoms in total. The van der Waals surface area contributed by atoms with E-state index in [9.17, 15) is 14.7 Å². The first-order valence-corrected chi connectivity index (χ1v) is 14.1. The maximum absolute atomic E-state index is 13.1. The highest BCUT2D eigenvalue weighted by atomic mass is 16.5. The van der Waals surface area contributed by atoms with E-state index in [1.807, 2.05) is 32.0 Å². The Balaban J connectivity index is 2.16. The normalized spacial score (nSPS) is 21.2. The molecule has 0 saturated carbocycles. The molecule has 5 unspecified atom stereocenters. The van der Waals surface area contributed by atoms with Crippen molar-refractivity contribution in [3.05, 3.63) is 23.8 Å². The van der Waals surface area contributed by atoms with E-state index in [-0.39, 0.29) is 30.5 Å². The number of methoxy groups -OCH3 is 2. The zero-order valence-corrected chi connectivity index (χ0v) is 25.1. The molecule has 0 radical (unpaired) electrons. The van der Waals surface area contributed by atoms with Gasteiger partial charge in [-0.3, -0.25) is 9.59 Å². The number of hydrogen-bond acceptors (Lipinski definition) is 7. The lowest BCUT2D eigenvalue weighted by Crippen LogP contribution is -2.46. The van der Waals surface area contributed by atoms with Crippen LogP contribution >= 0.6 is 0 Å². The zero-order chi connectivity index (χ0) is 29.3. The Kier molecular flexibility index (Phi) is 12.5. The maximum atomic E-state index is 13.1. The lowest BCUT2D eigenvalue weighted by Gasteiger charge is -2.28. The molecule has 0 bridgehead atoms. The molecule has 1 fully saturated rings. The Morgan fingerprint density at radius 1 is 1.15 bits per heavy atom. The van der Waals surface area contributed by atoms with Crippen LogP contribution in [-0.2, 0) is 14.3 Å². The quantitative estimate of drug-likeness (QED) is 0.232. The molecule has 39 heavy (non-hydrogen) atoms. The molecule has 222 valence electrons. The number of nitrogens with two attached hydrogens (primary N) is 1. The van der Waals surface area contributed by atoms with Crippen LogP contribution in [0.1, 0.15) is 72.4 Å². The van der Waals surface area contributed by atoms with Crippen LogP contribution < -0.4 is 25.8 Å². The second-order valence-electron chi connectivity index (χ2n) is 12.1. The molecule has 1 aromatic carbocycles. The predicted molar refractivity (Wildman–Crippen MR) is 153 cm³/mol. The molecule has 2 amide bonds. The van der Waals surface area contributed by atoms with Crippen LogP contribution in [0.5, 0.6) is 11.5 Å². The first-order chi connectivity index (χ1) is 18.3. The minimum Gasteiger partial charge on any atom is -0.493 e. The Morgan fingerprint density at radius 3 is 2.41 bits per heavy atom. The molecule has 1 aromatic rings. The summed E-state index contributed by atoms with van der Waals surface area (Å²) in [7, 11) is 3.30. The number of nitrogens with one attached hydrogen (secondary N) is 2. The second-order valence-corrected chi connectivity index (χ2v) is 12.1. The summed E-state index contributed by atoms with van der Waals surface area (Å²) in [5, 5.41) is 17.9. The fourth-order valence-electron chi connectivity index (χ4n) is 5.14. The molecule has 1 saturated heterocycles. The summed E-state index contributed by atoms with van der Waals surface area (Å²) in [6.45, 7) is 13.1. The van der Waals surface area contributed by atoms with Crippen molar-refractivity contribution in [3.8, 4) is 11.5 Å². The molecule has 2 rings (SSSR count). The Labute approximate surface area is 234 Å². The van der Waals surface area contributed by atoms with Crippen LogP contribution in [0, 0.1) is 29.1 Å². The Bertz CT molecular complexity index is 935. The Hall–Kier alpha value is -2.36. The van der Waals surface area contributed by atoms with Gasteiger partial charge in [-0.2, -0.15) is 0 Å². The fourth-order valence-corrected chi connectivity index (χ4v) is 5.14. The topological polar surface area (TPSA) is 132 Å². The summed E-state index contributed by atoms with van der Waals surface area (Å²) in [5.74, 6) is 1.04. The monoisotopic (exact) mass is 549 g/mol. The second kappa shape index (κ2) is 14.9. The molecular weight excluding hydrogens is 498 g/mol. The van der Waals surface area contributed by atoms with Crippen molar-refractivity contribution in [1.29, 1.82) is 0 Å². The van der Waals surface area contributed by atoms with Gasteiger partial charge in [-0.05, 0) is 62.1 Å². The highest BCUT2D eigenvalue weighted by Gasteiger charge is 2.41. The number of primary amides is 1. The average Bonchev–Trinajstić information content (AvgIpc) is 3.34. The number of aliphatic hydroxyl groups is 1. The number of benzene rings is 1. The largest absolute Gasteiger partial charge is 0.493 e. The Morgan fingerprint density at radius 2 is 1.85 bits per heavy atom. The smallest absolute Gasteiger partial charge is 0.224 e. The lowest BCUT2D eigenvalue weighted by molar-refractivity contribution is -0.130. The van der Waals surface area contributed by atoms with Gasteiger partial charge < -0.3 is 35.7 Å². The number of hydrogen-bond donors (Lipinski definition) is 4. The fraction of sp³-hybridized carbons (Fsp3) is 0.733. The van der Waals surface area contributed by atoms with E-state index in [2.05, 4.69) is 24.5 Å². The highest BCUT2D eigenvalue weighted by molar-refractivity contribution is 5.83. The third-order valence-electron chi connectivity index (χ3n) is 7.97. The third kappa shape index (κ3) is 9.08. The van der Waals surface area contributed by atoms with Crippen molar-refractivity contribution < 1.29 is 28.9 Å². The summed E-state index contributed by atoms with van der Waals surface area (Å²) >= 11 is 0. The van der Waals surface area contributed by atoms with Gasteiger partial charge in [-0.15, -0.1) is 0 Å². The van der Waals surface area contributed by atoms with Gasteiger partial charge in [0, 0.05) is 44.7 Å². The van der Waals surface area contributed by atoms with E-state index in [1.54, 1.807) is 28.1 Å². The molecular formula is C30H51N3O6.